The van der Waals surface area contributed by atoms with Crippen LogP contribution in [0.15, 0.2) is 53.5 Å². The summed E-state index contributed by atoms with van der Waals surface area (Å²) in [4.78, 5) is 34.5. The van der Waals surface area contributed by atoms with Gasteiger partial charge in [0.1, 0.15) is 11.4 Å². The second kappa shape index (κ2) is 10.6. The van der Waals surface area contributed by atoms with E-state index >= 15 is 0 Å². The zero-order valence-corrected chi connectivity index (χ0v) is 20.0. The molecule has 0 aliphatic heterocycles. The summed E-state index contributed by atoms with van der Waals surface area (Å²) >= 11 is 0. The van der Waals surface area contributed by atoms with Crippen molar-refractivity contribution in [3.8, 4) is 0 Å². The van der Waals surface area contributed by atoms with E-state index in [2.05, 4.69) is 29.5 Å². The van der Waals surface area contributed by atoms with Crippen LogP contribution in [0.2, 0.25) is 0 Å². The number of nitrogens with zero attached hydrogens (tertiary/aromatic N) is 3. The molecule has 0 saturated heterocycles. The molecule has 2 N–H and O–H groups in total. The van der Waals surface area contributed by atoms with Crippen LogP contribution >= 0.6 is 0 Å². The highest BCUT2D eigenvalue weighted by Crippen LogP contribution is 2.21. The van der Waals surface area contributed by atoms with E-state index in [1.165, 1.54) is 0 Å². The Kier molecular flexibility index (Phi) is 7.81. The van der Waals surface area contributed by atoms with Crippen molar-refractivity contribution in [2.45, 2.75) is 52.8 Å². The first-order chi connectivity index (χ1) is 15.7. The number of hydrogen-bond acceptors (Lipinski definition) is 6. The summed E-state index contributed by atoms with van der Waals surface area (Å²) in [5.41, 5.74) is 0.778. The SMILES string of the molecule is CC(C)[C@H](NCCNC(=O)OC(C)(C)C)c1nc2ncccc2c(=O)n1Cc1ccccc1. The molecule has 0 aliphatic rings. The monoisotopic (exact) mass is 451 g/mol. The number of nitrogens with one attached hydrogen (secondary N) is 2. The van der Waals surface area contributed by atoms with Gasteiger partial charge in [-0.3, -0.25) is 9.36 Å². The smallest absolute Gasteiger partial charge is 0.407 e. The average Bonchev–Trinajstić information content (AvgIpc) is 2.75. The molecular weight excluding hydrogens is 418 g/mol. The Balaban J connectivity index is 1.87. The topological polar surface area (TPSA) is 98.1 Å². The Hall–Kier alpha value is -3.26. The van der Waals surface area contributed by atoms with Crippen molar-refractivity contribution in [3.05, 3.63) is 70.4 Å². The lowest BCUT2D eigenvalue weighted by atomic mass is 10.0. The number of carbonyl (C=O) groups is 1. The minimum atomic E-state index is -0.548. The van der Waals surface area contributed by atoms with Crippen LogP contribution in [0.5, 0.6) is 0 Å². The highest BCUT2D eigenvalue weighted by atomic mass is 16.6. The summed E-state index contributed by atoms with van der Waals surface area (Å²) in [7, 11) is 0. The van der Waals surface area contributed by atoms with E-state index in [4.69, 9.17) is 9.72 Å². The van der Waals surface area contributed by atoms with Gasteiger partial charge in [0.25, 0.3) is 5.56 Å². The van der Waals surface area contributed by atoms with Crippen molar-refractivity contribution in [2.75, 3.05) is 13.1 Å². The second-order valence-corrected chi connectivity index (χ2v) is 9.33. The summed E-state index contributed by atoms with van der Waals surface area (Å²) in [6, 6.07) is 13.1. The third-order valence-electron chi connectivity index (χ3n) is 5.05. The molecule has 8 heteroatoms. The minimum absolute atomic E-state index is 0.119. The molecule has 1 atom stereocenters. The highest BCUT2D eigenvalue weighted by molar-refractivity contribution is 5.73. The first kappa shape index (κ1) is 24.4. The number of fused-ring (bicyclic) bond motifs is 1. The van der Waals surface area contributed by atoms with Crippen LogP contribution in [0.3, 0.4) is 0 Å². The Bertz CT molecular complexity index is 1140. The van der Waals surface area contributed by atoms with Gasteiger partial charge < -0.3 is 15.4 Å². The molecule has 0 fully saturated rings. The van der Waals surface area contributed by atoms with Gasteiger partial charge in [0, 0.05) is 19.3 Å². The van der Waals surface area contributed by atoms with Crippen LogP contribution in [0.25, 0.3) is 11.0 Å². The number of aromatic nitrogens is 3. The molecule has 0 unspecified atom stereocenters. The van der Waals surface area contributed by atoms with E-state index in [1.54, 1.807) is 22.9 Å². The number of alkyl carbamates (subject to hydrolysis) is 1. The molecule has 1 aromatic carbocycles. The van der Waals surface area contributed by atoms with Crippen LogP contribution in [-0.2, 0) is 11.3 Å². The predicted octanol–water partition coefficient (Wildman–Crippen LogP) is 3.65. The molecule has 3 rings (SSSR count). The van der Waals surface area contributed by atoms with E-state index in [0.29, 0.717) is 36.5 Å². The summed E-state index contributed by atoms with van der Waals surface area (Å²) < 4.78 is 7.00. The van der Waals surface area contributed by atoms with Gasteiger partial charge in [-0.25, -0.2) is 14.8 Å². The molecule has 2 aromatic heterocycles. The minimum Gasteiger partial charge on any atom is -0.444 e. The molecule has 0 bridgehead atoms. The summed E-state index contributed by atoms with van der Waals surface area (Å²) in [6.07, 6.45) is 1.18. The molecule has 2 heterocycles. The predicted molar refractivity (Wildman–Crippen MR) is 129 cm³/mol. The van der Waals surface area contributed by atoms with E-state index in [0.717, 1.165) is 5.56 Å². The van der Waals surface area contributed by atoms with Crippen LogP contribution < -0.4 is 16.2 Å². The van der Waals surface area contributed by atoms with Crippen molar-refractivity contribution in [1.82, 2.24) is 25.2 Å². The lowest BCUT2D eigenvalue weighted by Gasteiger charge is -2.26. The van der Waals surface area contributed by atoms with E-state index in [-0.39, 0.29) is 17.5 Å². The molecule has 176 valence electrons. The molecular formula is C25H33N5O3. The maximum Gasteiger partial charge on any atom is 0.407 e. The molecule has 0 saturated carbocycles. The number of ether oxygens (including phenoxy) is 1. The maximum absolute atomic E-state index is 13.4. The number of amides is 1. The van der Waals surface area contributed by atoms with Crippen molar-refractivity contribution in [3.63, 3.8) is 0 Å². The first-order valence-corrected chi connectivity index (χ1v) is 11.3. The molecule has 0 radical (unpaired) electrons. The lowest BCUT2D eigenvalue weighted by molar-refractivity contribution is 0.0527. The lowest BCUT2D eigenvalue weighted by Crippen LogP contribution is -2.40. The fourth-order valence-corrected chi connectivity index (χ4v) is 3.56. The summed E-state index contributed by atoms with van der Waals surface area (Å²) in [5.74, 6) is 0.768. The van der Waals surface area contributed by atoms with Crippen molar-refractivity contribution < 1.29 is 9.53 Å². The quantitative estimate of drug-likeness (QED) is 0.507. The Labute approximate surface area is 194 Å². The molecule has 8 nitrogen and oxygen atoms in total. The van der Waals surface area contributed by atoms with Gasteiger partial charge in [-0.05, 0) is 44.4 Å². The molecule has 0 aliphatic carbocycles. The number of benzene rings is 1. The van der Waals surface area contributed by atoms with Crippen molar-refractivity contribution in [1.29, 1.82) is 0 Å². The van der Waals surface area contributed by atoms with Crippen LogP contribution in [-0.4, -0.2) is 39.3 Å². The number of hydrogen-bond donors (Lipinski definition) is 2. The van der Waals surface area contributed by atoms with Gasteiger partial charge >= 0.3 is 6.09 Å². The molecule has 33 heavy (non-hydrogen) atoms. The van der Waals surface area contributed by atoms with Crippen molar-refractivity contribution >= 4 is 17.1 Å². The molecule has 1 amide bonds. The van der Waals surface area contributed by atoms with Crippen LogP contribution in [0.4, 0.5) is 4.79 Å². The second-order valence-electron chi connectivity index (χ2n) is 9.33. The Morgan fingerprint density at radius 1 is 1.09 bits per heavy atom. The fourth-order valence-electron chi connectivity index (χ4n) is 3.56. The number of rotatable bonds is 8. The van der Waals surface area contributed by atoms with E-state index in [1.807, 2.05) is 51.1 Å². The van der Waals surface area contributed by atoms with Crippen LogP contribution in [0, 0.1) is 5.92 Å². The third kappa shape index (κ3) is 6.61. The van der Waals surface area contributed by atoms with Crippen LogP contribution in [0.1, 0.15) is 52.0 Å². The fraction of sp³-hybridized carbons (Fsp3) is 0.440. The zero-order valence-electron chi connectivity index (χ0n) is 20.0. The Morgan fingerprint density at radius 2 is 1.82 bits per heavy atom. The van der Waals surface area contributed by atoms with Gasteiger partial charge in [0.05, 0.1) is 18.0 Å². The first-order valence-electron chi connectivity index (χ1n) is 11.3. The average molecular weight is 452 g/mol. The van der Waals surface area contributed by atoms with Crippen molar-refractivity contribution in [2.24, 2.45) is 5.92 Å². The number of pyridine rings is 1. The summed E-state index contributed by atoms with van der Waals surface area (Å²) in [6.45, 7) is 10.9. The van der Waals surface area contributed by atoms with E-state index < -0.39 is 11.7 Å². The maximum atomic E-state index is 13.4. The highest BCUT2D eigenvalue weighted by Gasteiger charge is 2.23. The molecule has 3 aromatic rings. The van der Waals surface area contributed by atoms with Gasteiger partial charge in [-0.15, -0.1) is 0 Å². The standard InChI is InChI=1S/C25H33N5O3/c1-17(2)20(26-14-15-28-24(32)33-25(3,4)5)22-29-21-19(12-9-13-27-21)23(31)30(22)16-18-10-7-6-8-11-18/h6-13,17,20,26H,14-16H2,1-5H3,(H,28,32)/t20-/m0/s1. The zero-order chi connectivity index (χ0) is 24.0. The van der Waals surface area contributed by atoms with Gasteiger partial charge in [-0.2, -0.15) is 0 Å². The van der Waals surface area contributed by atoms with Gasteiger partial charge in [0.2, 0.25) is 0 Å². The Morgan fingerprint density at radius 3 is 2.48 bits per heavy atom. The van der Waals surface area contributed by atoms with Gasteiger partial charge in [0.15, 0.2) is 5.65 Å². The largest absolute Gasteiger partial charge is 0.444 e. The normalized spacial score (nSPS) is 12.7. The summed E-state index contributed by atoms with van der Waals surface area (Å²) in [5, 5.41) is 6.70. The van der Waals surface area contributed by atoms with E-state index in [9.17, 15) is 9.59 Å². The molecule has 0 spiro atoms. The number of carbonyl (C=O) groups excluding carboxylic acids is 1. The third-order valence-corrected chi connectivity index (χ3v) is 5.05. The van der Waals surface area contributed by atoms with Gasteiger partial charge in [-0.1, -0.05) is 44.2 Å².